The molecule has 0 unspecified atom stereocenters. The third kappa shape index (κ3) is 2.39. The highest BCUT2D eigenvalue weighted by Gasteiger charge is 2.14. The Hall–Kier alpha value is -2.92. The van der Waals surface area contributed by atoms with Gasteiger partial charge in [-0.15, -0.1) is 35.5 Å². The fraction of sp³-hybridized carbons (Fsp3) is 0. The third-order valence-corrected chi connectivity index (χ3v) is 5.75. The van der Waals surface area contributed by atoms with Crippen LogP contribution < -0.4 is 0 Å². The summed E-state index contributed by atoms with van der Waals surface area (Å²) in [7, 11) is 0. The van der Waals surface area contributed by atoms with Gasteiger partial charge in [0.25, 0.3) is 0 Å². The summed E-state index contributed by atoms with van der Waals surface area (Å²) in [5, 5.41) is 0. The SMILES string of the molecule is C#Cc1ccc(-c2ccc(-c3ccc(C#C)s3)c3nccnc23)s1. The monoisotopic (exact) mass is 342 g/mol. The first-order valence-corrected chi connectivity index (χ1v) is 8.81. The van der Waals surface area contributed by atoms with E-state index < -0.39 is 0 Å². The highest BCUT2D eigenvalue weighted by Crippen LogP contribution is 2.38. The maximum absolute atomic E-state index is 5.49. The maximum atomic E-state index is 5.49. The lowest BCUT2D eigenvalue weighted by Crippen LogP contribution is -1.88. The Labute approximate surface area is 147 Å². The van der Waals surface area contributed by atoms with Crippen LogP contribution in [0.4, 0.5) is 0 Å². The highest BCUT2D eigenvalue weighted by atomic mass is 32.1. The smallest absolute Gasteiger partial charge is 0.0979 e. The van der Waals surface area contributed by atoms with Gasteiger partial charge in [0.05, 0.1) is 20.8 Å². The minimum absolute atomic E-state index is 0.871. The van der Waals surface area contributed by atoms with Gasteiger partial charge in [-0.05, 0) is 24.3 Å². The summed E-state index contributed by atoms with van der Waals surface area (Å²) >= 11 is 3.16. The van der Waals surface area contributed by atoms with E-state index in [-0.39, 0.29) is 0 Å². The molecule has 4 heteroatoms. The predicted octanol–water partition coefficient (Wildman–Crippen LogP) is 5.05. The van der Waals surface area contributed by atoms with Gasteiger partial charge < -0.3 is 0 Å². The van der Waals surface area contributed by atoms with Crippen LogP contribution in [0.25, 0.3) is 31.9 Å². The van der Waals surface area contributed by atoms with Crippen LogP contribution in [0.5, 0.6) is 0 Å². The van der Waals surface area contributed by atoms with Gasteiger partial charge >= 0.3 is 0 Å². The van der Waals surface area contributed by atoms with E-state index in [1.54, 1.807) is 35.1 Å². The molecule has 0 fully saturated rings. The molecule has 24 heavy (non-hydrogen) atoms. The fourth-order valence-electron chi connectivity index (χ4n) is 2.57. The number of hydrogen-bond donors (Lipinski definition) is 0. The Kier molecular flexibility index (Phi) is 3.63. The summed E-state index contributed by atoms with van der Waals surface area (Å²) in [6.07, 6.45) is 14.4. The summed E-state index contributed by atoms with van der Waals surface area (Å²) in [6.45, 7) is 0. The lowest BCUT2D eigenvalue weighted by Gasteiger charge is -2.07. The van der Waals surface area contributed by atoms with Gasteiger partial charge in [0.1, 0.15) is 0 Å². The third-order valence-electron chi connectivity index (χ3n) is 3.65. The van der Waals surface area contributed by atoms with E-state index in [1.807, 2.05) is 24.3 Å². The van der Waals surface area contributed by atoms with Crippen LogP contribution in [0.3, 0.4) is 0 Å². The molecule has 0 saturated heterocycles. The second kappa shape index (κ2) is 5.94. The number of thiophene rings is 2. The Morgan fingerprint density at radius 3 is 1.50 bits per heavy atom. The lowest BCUT2D eigenvalue weighted by atomic mass is 10.1. The first kappa shape index (κ1) is 14.7. The van der Waals surface area contributed by atoms with Crippen molar-refractivity contribution in [1.82, 2.24) is 9.97 Å². The topological polar surface area (TPSA) is 25.8 Å². The molecule has 0 saturated carbocycles. The molecule has 1 aromatic carbocycles. The van der Waals surface area contributed by atoms with Crippen LogP contribution >= 0.6 is 22.7 Å². The largest absolute Gasteiger partial charge is 0.252 e. The van der Waals surface area contributed by atoms with Crippen LogP contribution in [-0.2, 0) is 0 Å². The van der Waals surface area contributed by atoms with E-state index in [9.17, 15) is 0 Å². The van der Waals surface area contributed by atoms with Gasteiger partial charge in [-0.25, -0.2) is 0 Å². The minimum Gasteiger partial charge on any atom is -0.252 e. The van der Waals surface area contributed by atoms with E-state index in [2.05, 4.69) is 33.9 Å². The zero-order valence-corrected chi connectivity index (χ0v) is 14.1. The van der Waals surface area contributed by atoms with Gasteiger partial charge in [0, 0.05) is 33.3 Å². The summed E-state index contributed by atoms with van der Waals surface area (Å²) < 4.78 is 0. The molecule has 0 amide bonds. The normalized spacial score (nSPS) is 10.4. The molecule has 0 aliphatic rings. The fourth-order valence-corrected chi connectivity index (χ4v) is 4.26. The molecule has 0 aliphatic heterocycles. The Bertz CT molecular complexity index is 1050. The van der Waals surface area contributed by atoms with Crippen LogP contribution in [0.15, 0.2) is 48.8 Å². The Balaban J connectivity index is 1.95. The number of nitrogens with zero attached hydrogens (tertiary/aromatic N) is 2. The molecular weight excluding hydrogens is 332 g/mol. The summed E-state index contributed by atoms with van der Waals surface area (Å²) in [5.41, 5.74) is 3.83. The lowest BCUT2D eigenvalue weighted by molar-refractivity contribution is 1.30. The zero-order valence-electron chi connectivity index (χ0n) is 12.5. The maximum Gasteiger partial charge on any atom is 0.0979 e. The average Bonchev–Trinajstić information content (AvgIpc) is 3.30. The molecule has 0 atom stereocenters. The summed E-state index contributed by atoms with van der Waals surface area (Å²) in [5.74, 6) is 5.35. The van der Waals surface area contributed by atoms with Crippen molar-refractivity contribution in [1.29, 1.82) is 0 Å². The first-order valence-electron chi connectivity index (χ1n) is 7.17. The predicted molar refractivity (Wildman–Crippen MR) is 102 cm³/mol. The van der Waals surface area contributed by atoms with Gasteiger partial charge in [-0.2, -0.15) is 0 Å². The molecule has 3 heterocycles. The summed E-state index contributed by atoms with van der Waals surface area (Å²) in [6, 6.07) is 12.1. The molecule has 4 rings (SSSR count). The number of benzene rings is 1. The van der Waals surface area contributed by atoms with E-state index in [1.165, 1.54) is 0 Å². The van der Waals surface area contributed by atoms with Crippen molar-refractivity contribution in [2.24, 2.45) is 0 Å². The van der Waals surface area contributed by atoms with Crippen LogP contribution in [0, 0.1) is 24.7 Å². The molecule has 2 nitrogen and oxygen atoms in total. The number of hydrogen-bond acceptors (Lipinski definition) is 4. The average molecular weight is 342 g/mol. The quantitative estimate of drug-likeness (QED) is 0.476. The van der Waals surface area contributed by atoms with E-state index in [0.29, 0.717) is 0 Å². The number of aromatic nitrogens is 2. The van der Waals surface area contributed by atoms with E-state index in [4.69, 9.17) is 12.8 Å². The van der Waals surface area contributed by atoms with Crippen molar-refractivity contribution >= 4 is 33.7 Å². The minimum atomic E-state index is 0.871. The Morgan fingerprint density at radius 2 is 1.12 bits per heavy atom. The molecule has 3 aromatic heterocycles. The van der Waals surface area contributed by atoms with Crippen molar-refractivity contribution in [3.8, 4) is 45.6 Å². The van der Waals surface area contributed by atoms with Gasteiger partial charge in [-0.1, -0.05) is 24.0 Å². The molecule has 0 N–H and O–H groups in total. The van der Waals surface area contributed by atoms with Crippen molar-refractivity contribution in [2.45, 2.75) is 0 Å². The van der Waals surface area contributed by atoms with Crippen molar-refractivity contribution in [2.75, 3.05) is 0 Å². The molecule has 0 radical (unpaired) electrons. The van der Waals surface area contributed by atoms with Crippen LogP contribution in [0.2, 0.25) is 0 Å². The second-order valence-corrected chi connectivity index (χ2v) is 7.20. The van der Waals surface area contributed by atoms with E-state index >= 15 is 0 Å². The first-order chi connectivity index (χ1) is 11.8. The standard InChI is InChI=1S/C20H10N2S2/c1-3-13-5-9-17(23-13)15-7-8-16(18-10-6-14(4-2)24-18)20-19(15)21-11-12-22-20/h1-2,5-12H. The second-order valence-electron chi connectivity index (χ2n) is 5.03. The molecule has 0 spiro atoms. The summed E-state index contributed by atoms with van der Waals surface area (Å²) in [4.78, 5) is 13.1. The number of rotatable bonds is 2. The van der Waals surface area contributed by atoms with E-state index in [0.717, 1.165) is 41.7 Å². The van der Waals surface area contributed by atoms with Gasteiger partial charge in [-0.3, -0.25) is 9.97 Å². The zero-order chi connectivity index (χ0) is 16.5. The van der Waals surface area contributed by atoms with Crippen molar-refractivity contribution in [3.05, 3.63) is 58.5 Å². The molecule has 112 valence electrons. The van der Waals surface area contributed by atoms with Crippen LogP contribution in [-0.4, -0.2) is 9.97 Å². The number of terminal acetylenes is 2. The molecular formula is C20H10N2S2. The van der Waals surface area contributed by atoms with Crippen LogP contribution in [0.1, 0.15) is 9.75 Å². The number of fused-ring (bicyclic) bond motifs is 1. The van der Waals surface area contributed by atoms with Gasteiger partial charge in [0.2, 0.25) is 0 Å². The highest BCUT2D eigenvalue weighted by molar-refractivity contribution is 7.16. The molecule has 0 bridgehead atoms. The van der Waals surface area contributed by atoms with Crippen molar-refractivity contribution in [3.63, 3.8) is 0 Å². The molecule has 0 aliphatic carbocycles. The molecule has 4 aromatic rings. The van der Waals surface area contributed by atoms with Gasteiger partial charge in [0.15, 0.2) is 0 Å². The van der Waals surface area contributed by atoms with Crippen molar-refractivity contribution < 1.29 is 0 Å². The Morgan fingerprint density at radius 1 is 0.667 bits per heavy atom.